The van der Waals surface area contributed by atoms with Gasteiger partial charge in [0.05, 0.1) is 17.5 Å². The first-order chi connectivity index (χ1) is 18.3. The summed E-state index contributed by atoms with van der Waals surface area (Å²) in [5, 5.41) is 17.6. The van der Waals surface area contributed by atoms with Crippen LogP contribution in [0.4, 0.5) is 0 Å². The summed E-state index contributed by atoms with van der Waals surface area (Å²) in [5.74, 6) is -1.58. The minimum Gasteiger partial charge on any atom is -0.379 e. The number of carbonyl (C=O) groups excluding carboxylic acids is 2. The smallest absolute Gasteiger partial charge is 0.253 e. The molecule has 0 heterocycles. The fourth-order valence-corrected chi connectivity index (χ4v) is 4.81. The van der Waals surface area contributed by atoms with Gasteiger partial charge in [-0.25, -0.2) is 0 Å². The highest BCUT2D eigenvalue weighted by atomic mass is 32.1. The molecule has 3 rings (SSSR count). The summed E-state index contributed by atoms with van der Waals surface area (Å²) in [4.78, 5) is 25.9. The van der Waals surface area contributed by atoms with Crippen molar-refractivity contribution in [3.05, 3.63) is 108 Å². The predicted molar refractivity (Wildman–Crippen MR) is 156 cm³/mol. The number of aryl methyl sites for hydroxylation is 1. The van der Waals surface area contributed by atoms with Crippen molar-refractivity contribution in [2.24, 2.45) is 5.73 Å². The van der Waals surface area contributed by atoms with E-state index in [0.29, 0.717) is 18.0 Å². The number of thiocarbonyl (C=S) groups is 1. The Hall–Kier alpha value is -3.55. The van der Waals surface area contributed by atoms with Gasteiger partial charge in [0.2, 0.25) is 5.91 Å². The lowest BCUT2D eigenvalue weighted by Gasteiger charge is -2.31. The van der Waals surface area contributed by atoms with Crippen LogP contribution in [0.15, 0.2) is 91.0 Å². The van der Waals surface area contributed by atoms with Gasteiger partial charge in [-0.1, -0.05) is 110 Å². The van der Waals surface area contributed by atoms with E-state index in [1.54, 1.807) is 0 Å². The molecule has 2 amide bonds. The Morgan fingerprint density at radius 3 is 2.05 bits per heavy atom. The largest absolute Gasteiger partial charge is 0.379 e. The molecule has 0 radical (unpaired) electrons. The first kappa shape index (κ1) is 29.0. The standard InChI is InChI=1S/C31H37N3O3S/c1-23(26-17-9-4-10-18-26)21-31(37,22-28(32)35)30(36)34-27(20-25-14-7-3-8-15-25)29(38)33-19-11-16-24-12-5-2-6-13-24/h2-10,12-15,17-18,23,27,37H,11,16,19-22H2,1H3,(H2,32,35)(H,33,38)(H,34,36). The first-order valence-electron chi connectivity index (χ1n) is 13.0. The zero-order chi connectivity index (χ0) is 27.4. The van der Waals surface area contributed by atoms with Gasteiger partial charge in [0, 0.05) is 6.54 Å². The van der Waals surface area contributed by atoms with Crippen molar-refractivity contribution in [2.45, 2.75) is 56.6 Å². The van der Waals surface area contributed by atoms with Crippen molar-refractivity contribution in [3.8, 4) is 0 Å². The van der Waals surface area contributed by atoms with Crippen molar-refractivity contribution in [3.63, 3.8) is 0 Å². The molecule has 7 heteroatoms. The molecule has 3 atom stereocenters. The van der Waals surface area contributed by atoms with Gasteiger partial charge >= 0.3 is 0 Å². The lowest BCUT2D eigenvalue weighted by atomic mass is 9.84. The van der Waals surface area contributed by atoms with E-state index in [1.165, 1.54) is 5.56 Å². The Morgan fingerprint density at radius 2 is 1.47 bits per heavy atom. The Labute approximate surface area is 230 Å². The lowest BCUT2D eigenvalue weighted by Crippen LogP contribution is -2.56. The van der Waals surface area contributed by atoms with Crippen LogP contribution in [0.2, 0.25) is 0 Å². The van der Waals surface area contributed by atoms with E-state index in [0.717, 1.165) is 24.0 Å². The van der Waals surface area contributed by atoms with E-state index in [1.807, 2.05) is 85.8 Å². The number of benzene rings is 3. The van der Waals surface area contributed by atoms with Crippen molar-refractivity contribution in [1.29, 1.82) is 0 Å². The van der Waals surface area contributed by atoms with Crippen LogP contribution in [-0.2, 0) is 22.4 Å². The molecule has 6 nitrogen and oxygen atoms in total. The molecule has 0 aliphatic carbocycles. The maximum Gasteiger partial charge on any atom is 0.253 e. The molecule has 0 aromatic heterocycles. The zero-order valence-electron chi connectivity index (χ0n) is 21.8. The number of primary amides is 1. The molecule has 0 bridgehead atoms. The normalized spacial score (nSPS) is 14.1. The van der Waals surface area contributed by atoms with Crippen LogP contribution in [0.3, 0.4) is 0 Å². The fraction of sp³-hybridized carbons (Fsp3) is 0.323. The third-order valence-corrected chi connectivity index (χ3v) is 7.02. The molecule has 3 aromatic carbocycles. The number of amides is 2. The number of nitrogens with one attached hydrogen (secondary N) is 2. The van der Waals surface area contributed by atoms with E-state index in [4.69, 9.17) is 18.0 Å². The predicted octanol–water partition coefficient (Wildman–Crippen LogP) is 4.06. The third kappa shape index (κ3) is 9.08. The van der Waals surface area contributed by atoms with Crippen molar-refractivity contribution in [1.82, 2.24) is 10.6 Å². The molecule has 5 N–H and O–H groups in total. The van der Waals surface area contributed by atoms with Gasteiger partial charge in [-0.2, -0.15) is 0 Å². The van der Waals surface area contributed by atoms with Gasteiger partial charge in [0.25, 0.3) is 5.91 Å². The Bertz CT molecular complexity index is 1170. The Kier molecular flexibility index (Phi) is 11.0. The number of hydrogen-bond acceptors (Lipinski definition) is 4. The fourth-order valence-electron chi connectivity index (χ4n) is 4.56. The lowest BCUT2D eigenvalue weighted by molar-refractivity contribution is -0.146. The summed E-state index contributed by atoms with van der Waals surface area (Å²) >= 11 is 5.70. The molecule has 0 spiro atoms. The van der Waals surface area contributed by atoms with Crippen molar-refractivity contribution < 1.29 is 14.7 Å². The van der Waals surface area contributed by atoms with E-state index in [9.17, 15) is 14.7 Å². The van der Waals surface area contributed by atoms with Gasteiger partial charge in [-0.15, -0.1) is 0 Å². The number of aliphatic hydroxyl groups is 1. The van der Waals surface area contributed by atoms with Crippen molar-refractivity contribution >= 4 is 29.0 Å². The SMILES string of the molecule is CC(CC(O)(CC(N)=O)C(=O)NC(Cc1ccccc1)C(=S)NCCCc1ccccc1)c1ccccc1. The van der Waals surface area contributed by atoms with Crippen LogP contribution in [0.25, 0.3) is 0 Å². The van der Waals surface area contributed by atoms with Crippen LogP contribution in [0, 0.1) is 0 Å². The minimum absolute atomic E-state index is 0.0428. The monoisotopic (exact) mass is 531 g/mol. The van der Waals surface area contributed by atoms with Gasteiger partial charge in [-0.05, 0) is 48.3 Å². The van der Waals surface area contributed by atoms with E-state index < -0.39 is 29.9 Å². The zero-order valence-corrected chi connectivity index (χ0v) is 22.6. The number of rotatable bonds is 14. The molecule has 0 aliphatic rings. The van der Waals surface area contributed by atoms with Crippen molar-refractivity contribution in [2.75, 3.05) is 6.54 Å². The van der Waals surface area contributed by atoms with Gasteiger partial charge in [0.15, 0.2) is 5.60 Å². The second-order valence-electron chi connectivity index (χ2n) is 9.79. The van der Waals surface area contributed by atoms with Crippen LogP contribution < -0.4 is 16.4 Å². The summed E-state index contributed by atoms with van der Waals surface area (Å²) in [6, 6.07) is 28.9. The molecule has 0 fully saturated rings. The molecule has 3 aromatic rings. The topological polar surface area (TPSA) is 104 Å². The summed E-state index contributed by atoms with van der Waals surface area (Å²) in [7, 11) is 0. The third-order valence-electron chi connectivity index (χ3n) is 6.59. The molecule has 38 heavy (non-hydrogen) atoms. The second-order valence-corrected chi connectivity index (χ2v) is 10.2. The Balaban J connectivity index is 1.71. The molecule has 3 unspecified atom stereocenters. The summed E-state index contributed by atoms with van der Waals surface area (Å²) in [5.41, 5.74) is 6.68. The average Bonchev–Trinajstić information content (AvgIpc) is 2.91. The molecule has 0 saturated carbocycles. The van der Waals surface area contributed by atoms with E-state index in [2.05, 4.69) is 22.8 Å². The van der Waals surface area contributed by atoms with Gasteiger partial charge in [0.1, 0.15) is 0 Å². The molecular weight excluding hydrogens is 494 g/mol. The summed E-state index contributed by atoms with van der Waals surface area (Å²) < 4.78 is 0. The number of nitrogens with two attached hydrogens (primary N) is 1. The van der Waals surface area contributed by atoms with Crippen LogP contribution in [0.5, 0.6) is 0 Å². The number of carbonyl (C=O) groups is 2. The van der Waals surface area contributed by atoms with E-state index >= 15 is 0 Å². The summed E-state index contributed by atoms with van der Waals surface area (Å²) in [6.45, 7) is 2.56. The highest BCUT2D eigenvalue weighted by molar-refractivity contribution is 7.80. The van der Waals surface area contributed by atoms with Crippen LogP contribution in [0.1, 0.15) is 48.8 Å². The maximum atomic E-state index is 13.5. The quantitative estimate of drug-likeness (QED) is 0.186. The van der Waals surface area contributed by atoms with Crippen LogP contribution in [-0.4, -0.2) is 40.1 Å². The molecule has 0 saturated heterocycles. The molecule has 200 valence electrons. The molecule has 0 aliphatic heterocycles. The van der Waals surface area contributed by atoms with E-state index in [-0.39, 0.29) is 12.3 Å². The van der Waals surface area contributed by atoms with Crippen LogP contribution >= 0.6 is 12.2 Å². The average molecular weight is 532 g/mol. The second kappa shape index (κ2) is 14.4. The highest BCUT2D eigenvalue weighted by Crippen LogP contribution is 2.28. The molecular formula is C31H37N3O3S. The van der Waals surface area contributed by atoms with Gasteiger partial charge in [-0.3, -0.25) is 9.59 Å². The summed E-state index contributed by atoms with van der Waals surface area (Å²) in [6.07, 6.45) is 1.78. The number of hydrogen-bond donors (Lipinski definition) is 4. The minimum atomic E-state index is -1.97. The van der Waals surface area contributed by atoms with Gasteiger partial charge < -0.3 is 21.5 Å². The highest BCUT2D eigenvalue weighted by Gasteiger charge is 2.40. The Morgan fingerprint density at radius 1 is 0.921 bits per heavy atom. The maximum absolute atomic E-state index is 13.5. The first-order valence-corrected chi connectivity index (χ1v) is 13.4.